The third-order valence-electron chi connectivity index (χ3n) is 3.94. The Morgan fingerprint density at radius 1 is 1.05 bits per heavy atom. The lowest BCUT2D eigenvalue weighted by Gasteiger charge is -2.36. The fraction of sp³-hybridized carbons (Fsp3) is 0.278. The highest BCUT2D eigenvalue weighted by Gasteiger charge is 2.40. The second-order valence-electron chi connectivity index (χ2n) is 5.27. The first-order chi connectivity index (χ1) is 10.1. The third kappa shape index (κ3) is 3.14. The summed E-state index contributed by atoms with van der Waals surface area (Å²) in [6.07, 6.45) is 0. The molecule has 3 nitrogen and oxygen atoms in total. The van der Waals surface area contributed by atoms with E-state index < -0.39 is 5.54 Å². The van der Waals surface area contributed by atoms with E-state index in [1.807, 2.05) is 67.4 Å². The highest BCUT2D eigenvalue weighted by Crippen LogP contribution is 2.29. The first kappa shape index (κ1) is 15.3. The molecule has 0 saturated heterocycles. The molecule has 110 valence electrons. The molecule has 0 fully saturated rings. The highest BCUT2D eigenvalue weighted by molar-refractivity contribution is 5.82. The lowest BCUT2D eigenvalue weighted by atomic mass is 9.90. The maximum Gasteiger partial charge on any atom is 0.330 e. The second-order valence-corrected chi connectivity index (χ2v) is 5.27. The van der Waals surface area contributed by atoms with Crippen molar-refractivity contribution >= 4 is 5.97 Å². The van der Waals surface area contributed by atoms with Crippen LogP contribution in [0.5, 0.6) is 0 Å². The standard InChI is InChI=1S/C18H21NO2/c1-18(17(20)21-3,16-12-8-5-9-13-16)19(2)14-15-10-6-4-7-11-15/h4-13H,14H2,1-3H3/t18-/m0/s1. The molecule has 21 heavy (non-hydrogen) atoms. The van der Waals surface area contributed by atoms with Crippen molar-refractivity contribution in [1.29, 1.82) is 0 Å². The van der Waals surface area contributed by atoms with Crippen LogP contribution in [-0.4, -0.2) is 25.0 Å². The number of likely N-dealkylation sites (N-methyl/N-ethyl adjacent to an activating group) is 1. The molecule has 3 heteroatoms. The maximum atomic E-state index is 12.4. The molecular formula is C18H21NO2. The summed E-state index contributed by atoms with van der Waals surface area (Å²) in [5.74, 6) is -0.257. The van der Waals surface area contributed by atoms with Gasteiger partial charge < -0.3 is 4.74 Å². The van der Waals surface area contributed by atoms with Crippen molar-refractivity contribution in [1.82, 2.24) is 4.90 Å². The summed E-state index contributed by atoms with van der Waals surface area (Å²) >= 11 is 0. The fourth-order valence-corrected chi connectivity index (χ4v) is 2.47. The molecule has 0 spiro atoms. The van der Waals surface area contributed by atoms with Crippen molar-refractivity contribution in [3.63, 3.8) is 0 Å². The SMILES string of the molecule is COC(=O)[C@](C)(c1ccccc1)N(C)Cc1ccccc1. The molecule has 1 atom stereocenters. The molecule has 0 aliphatic carbocycles. The van der Waals surface area contributed by atoms with Gasteiger partial charge in [0.1, 0.15) is 5.54 Å². The summed E-state index contributed by atoms with van der Waals surface area (Å²) in [5.41, 5.74) is 1.27. The van der Waals surface area contributed by atoms with E-state index in [9.17, 15) is 4.79 Å². The molecule has 0 heterocycles. The number of hydrogen-bond donors (Lipinski definition) is 0. The predicted octanol–water partition coefficient (Wildman–Crippen LogP) is 3.21. The molecule has 0 N–H and O–H groups in total. The van der Waals surface area contributed by atoms with Gasteiger partial charge in [-0.3, -0.25) is 4.90 Å². The van der Waals surface area contributed by atoms with Crippen LogP contribution in [0.4, 0.5) is 0 Å². The Balaban J connectivity index is 2.34. The molecular weight excluding hydrogens is 262 g/mol. The maximum absolute atomic E-state index is 12.4. The lowest BCUT2D eigenvalue weighted by Crippen LogP contribution is -2.48. The van der Waals surface area contributed by atoms with Crippen molar-refractivity contribution in [2.75, 3.05) is 14.2 Å². The van der Waals surface area contributed by atoms with Gasteiger partial charge in [0.15, 0.2) is 0 Å². The van der Waals surface area contributed by atoms with E-state index in [0.29, 0.717) is 6.54 Å². The Hall–Kier alpha value is -2.13. The third-order valence-corrected chi connectivity index (χ3v) is 3.94. The van der Waals surface area contributed by atoms with Gasteiger partial charge in [-0.2, -0.15) is 0 Å². The molecule has 0 amide bonds. The quantitative estimate of drug-likeness (QED) is 0.789. The summed E-state index contributed by atoms with van der Waals surface area (Å²) in [6, 6.07) is 19.8. The smallest absolute Gasteiger partial charge is 0.330 e. The van der Waals surface area contributed by atoms with Gasteiger partial charge in [-0.05, 0) is 25.1 Å². The minimum absolute atomic E-state index is 0.257. The lowest BCUT2D eigenvalue weighted by molar-refractivity contribution is -0.154. The highest BCUT2D eigenvalue weighted by atomic mass is 16.5. The van der Waals surface area contributed by atoms with Crippen LogP contribution in [0.25, 0.3) is 0 Å². The van der Waals surface area contributed by atoms with Gasteiger partial charge in [-0.1, -0.05) is 60.7 Å². The minimum Gasteiger partial charge on any atom is -0.467 e. The fourth-order valence-electron chi connectivity index (χ4n) is 2.47. The summed E-state index contributed by atoms with van der Waals surface area (Å²) in [7, 11) is 3.37. The molecule has 0 radical (unpaired) electrons. The normalized spacial score (nSPS) is 13.7. The zero-order valence-corrected chi connectivity index (χ0v) is 12.7. The van der Waals surface area contributed by atoms with Crippen LogP contribution < -0.4 is 0 Å². The zero-order valence-electron chi connectivity index (χ0n) is 12.7. The van der Waals surface area contributed by atoms with E-state index in [1.54, 1.807) is 0 Å². The molecule has 0 bridgehead atoms. The Morgan fingerprint density at radius 3 is 2.10 bits per heavy atom. The molecule has 2 aromatic carbocycles. The second kappa shape index (κ2) is 6.55. The summed E-state index contributed by atoms with van der Waals surface area (Å²) in [5, 5.41) is 0. The topological polar surface area (TPSA) is 29.5 Å². The largest absolute Gasteiger partial charge is 0.467 e. The van der Waals surface area contributed by atoms with Crippen molar-refractivity contribution < 1.29 is 9.53 Å². The summed E-state index contributed by atoms with van der Waals surface area (Å²) < 4.78 is 5.05. The molecule has 0 aromatic heterocycles. The van der Waals surface area contributed by atoms with E-state index in [-0.39, 0.29) is 5.97 Å². The van der Waals surface area contributed by atoms with Crippen molar-refractivity contribution in [2.24, 2.45) is 0 Å². The number of ether oxygens (including phenoxy) is 1. The zero-order chi connectivity index (χ0) is 15.3. The van der Waals surface area contributed by atoms with Crippen LogP contribution in [0, 0.1) is 0 Å². The average Bonchev–Trinajstić information content (AvgIpc) is 2.55. The molecule has 2 aromatic rings. The number of methoxy groups -OCH3 is 1. The van der Waals surface area contributed by atoms with Crippen molar-refractivity contribution in [2.45, 2.75) is 19.0 Å². The summed E-state index contributed by atoms with van der Waals surface area (Å²) in [6.45, 7) is 2.57. The van der Waals surface area contributed by atoms with Crippen LogP contribution >= 0.6 is 0 Å². The van der Waals surface area contributed by atoms with Crippen LogP contribution in [0.2, 0.25) is 0 Å². The van der Waals surface area contributed by atoms with Crippen molar-refractivity contribution in [3.8, 4) is 0 Å². The first-order valence-corrected chi connectivity index (χ1v) is 6.98. The van der Waals surface area contributed by atoms with Gasteiger partial charge in [0.2, 0.25) is 0 Å². The average molecular weight is 283 g/mol. The number of nitrogens with zero attached hydrogens (tertiary/aromatic N) is 1. The summed E-state index contributed by atoms with van der Waals surface area (Å²) in [4.78, 5) is 14.4. The van der Waals surface area contributed by atoms with Gasteiger partial charge >= 0.3 is 5.97 Å². The Labute approximate surface area is 126 Å². The van der Waals surface area contributed by atoms with Crippen LogP contribution in [0.1, 0.15) is 18.1 Å². The molecule has 0 aliphatic heterocycles. The predicted molar refractivity (Wildman–Crippen MR) is 83.7 cm³/mol. The van der Waals surface area contributed by atoms with E-state index in [1.165, 1.54) is 7.11 Å². The number of rotatable bonds is 5. The van der Waals surface area contributed by atoms with Gasteiger partial charge in [-0.15, -0.1) is 0 Å². The number of hydrogen-bond acceptors (Lipinski definition) is 3. The molecule has 0 unspecified atom stereocenters. The van der Waals surface area contributed by atoms with Crippen LogP contribution in [0.3, 0.4) is 0 Å². The minimum atomic E-state index is -0.814. The number of carbonyl (C=O) groups excluding carboxylic acids is 1. The van der Waals surface area contributed by atoms with E-state index in [4.69, 9.17) is 4.74 Å². The molecule has 0 saturated carbocycles. The van der Waals surface area contributed by atoms with Gasteiger partial charge in [0.05, 0.1) is 7.11 Å². The Morgan fingerprint density at radius 2 is 1.57 bits per heavy atom. The molecule has 0 aliphatic rings. The van der Waals surface area contributed by atoms with E-state index >= 15 is 0 Å². The first-order valence-electron chi connectivity index (χ1n) is 6.98. The Kier molecular flexibility index (Phi) is 4.76. The monoisotopic (exact) mass is 283 g/mol. The van der Waals surface area contributed by atoms with E-state index in [2.05, 4.69) is 12.1 Å². The number of esters is 1. The van der Waals surface area contributed by atoms with E-state index in [0.717, 1.165) is 11.1 Å². The van der Waals surface area contributed by atoms with Crippen molar-refractivity contribution in [3.05, 3.63) is 71.8 Å². The molecule has 2 rings (SSSR count). The number of carbonyl (C=O) groups is 1. The van der Waals surface area contributed by atoms with Crippen LogP contribution in [-0.2, 0) is 21.6 Å². The van der Waals surface area contributed by atoms with Crippen LogP contribution in [0.15, 0.2) is 60.7 Å². The Bertz CT molecular complexity index is 583. The van der Waals surface area contributed by atoms with Gasteiger partial charge in [0, 0.05) is 6.54 Å². The van der Waals surface area contributed by atoms with Gasteiger partial charge in [-0.25, -0.2) is 4.79 Å². The number of benzene rings is 2. The van der Waals surface area contributed by atoms with Gasteiger partial charge in [0.25, 0.3) is 0 Å².